The number of nitrogen functional groups attached to an aromatic ring is 1. The van der Waals surface area contributed by atoms with E-state index in [1.807, 2.05) is 56.5 Å². The molecule has 0 saturated heterocycles. The molecule has 8 heteroatoms. The smallest absolute Gasteiger partial charge is 0.237 e. The highest BCUT2D eigenvalue weighted by Crippen LogP contribution is 2.39. The third kappa shape index (κ3) is 4.88. The van der Waals surface area contributed by atoms with Gasteiger partial charge in [0.2, 0.25) is 5.91 Å². The molecule has 1 amide bonds. The number of aryl methyl sites for hydroxylation is 2. The molecule has 2 heterocycles. The normalized spacial score (nSPS) is 11.4. The lowest BCUT2D eigenvalue weighted by molar-refractivity contribution is -0.115. The average molecular weight is 448 g/mol. The minimum atomic E-state index is -0.482. The molecule has 156 valence electrons. The van der Waals surface area contributed by atoms with Gasteiger partial charge in [0.15, 0.2) is 0 Å². The molecule has 31 heavy (non-hydrogen) atoms. The molecule has 0 aliphatic rings. The summed E-state index contributed by atoms with van der Waals surface area (Å²) in [4.78, 5) is 18.0. The van der Waals surface area contributed by atoms with Crippen LogP contribution >= 0.6 is 23.1 Å². The van der Waals surface area contributed by atoms with Crippen molar-refractivity contribution in [2.75, 3.05) is 11.1 Å². The van der Waals surface area contributed by atoms with Gasteiger partial charge in [-0.2, -0.15) is 10.5 Å². The van der Waals surface area contributed by atoms with Gasteiger partial charge in [0, 0.05) is 16.1 Å². The largest absolute Gasteiger partial charge is 0.383 e. The summed E-state index contributed by atoms with van der Waals surface area (Å²) in [6.07, 6.45) is 0.530. The fraction of sp³-hybridized carbons (Fsp3) is 0.217. The Morgan fingerprint density at radius 3 is 2.45 bits per heavy atom. The quantitative estimate of drug-likeness (QED) is 0.498. The Kier molecular flexibility index (Phi) is 6.96. The molecule has 0 aliphatic heterocycles. The van der Waals surface area contributed by atoms with Crippen LogP contribution in [0.5, 0.6) is 0 Å². The zero-order valence-corrected chi connectivity index (χ0v) is 19.0. The summed E-state index contributed by atoms with van der Waals surface area (Å²) in [6.45, 7) is 5.85. The lowest BCUT2D eigenvalue weighted by Crippen LogP contribution is -2.25. The van der Waals surface area contributed by atoms with E-state index in [2.05, 4.69) is 22.4 Å². The van der Waals surface area contributed by atoms with E-state index < -0.39 is 5.25 Å². The summed E-state index contributed by atoms with van der Waals surface area (Å²) in [5.74, 6) is -0.124. The number of nitrogens with two attached hydrogens (primary N) is 1. The van der Waals surface area contributed by atoms with E-state index in [0.29, 0.717) is 17.0 Å². The van der Waals surface area contributed by atoms with Gasteiger partial charge in [0.1, 0.15) is 28.5 Å². The Hall–Kier alpha value is -3.33. The minimum Gasteiger partial charge on any atom is -0.383 e. The van der Waals surface area contributed by atoms with E-state index in [1.54, 1.807) is 0 Å². The molecule has 0 bridgehead atoms. The van der Waals surface area contributed by atoms with Crippen LogP contribution in [0.3, 0.4) is 0 Å². The maximum Gasteiger partial charge on any atom is 0.237 e. The number of nitrogens with zero attached hydrogens (tertiary/aromatic N) is 3. The second-order valence-corrected chi connectivity index (χ2v) is 9.15. The number of carbonyl (C=O) groups is 1. The number of hydrogen-bond acceptors (Lipinski definition) is 7. The topological polar surface area (TPSA) is 116 Å². The third-order valence-corrected chi connectivity index (χ3v) is 6.83. The van der Waals surface area contributed by atoms with Crippen molar-refractivity contribution in [3.05, 3.63) is 58.0 Å². The Balaban J connectivity index is 1.97. The number of hydrogen-bond donors (Lipinski definition) is 2. The van der Waals surface area contributed by atoms with Gasteiger partial charge in [-0.05, 0) is 55.0 Å². The first-order valence-corrected chi connectivity index (χ1v) is 11.4. The van der Waals surface area contributed by atoms with Gasteiger partial charge in [-0.15, -0.1) is 11.3 Å². The van der Waals surface area contributed by atoms with Gasteiger partial charge in [0.05, 0.1) is 10.8 Å². The van der Waals surface area contributed by atoms with Gasteiger partial charge in [-0.25, -0.2) is 4.98 Å². The van der Waals surface area contributed by atoms with Crippen LogP contribution in [-0.2, 0) is 4.79 Å². The molecule has 0 aliphatic carbocycles. The maximum atomic E-state index is 13.0. The number of nitrogens with one attached hydrogen (secondary N) is 1. The standard InChI is InChI=1S/C23H21N5OS2/c1-4-18(22(29)27-15-9-13(2)8-14(3)10-15)31-23-17(12-25)20(19-6-5-7-30-19)16(11-24)21(26)28-23/h5-10,18H,4H2,1-3H3,(H2,26,28)(H,27,29). The Morgan fingerprint density at radius 2 is 1.90 bits per heavy atom. The number of nitriles is 2. The molecule has 2 aromatic heterocycles. The van der Waals surface area contributed by atoms with Crippen LogP contribution in [0.25, 0.3) is 10.4 Å². The van der Waals surface area contributed by atoms with E-state index in [4.69, 9.17) is 5.73 Å². The van der Waals surface area contributed by atoms with Crippen LogP contribution in [-0.4, -0.2) is 16.1 Å². The molecule has 0 spiro atoms. The van der Waals surface area contributed by atoms with Crippen LogP contribution in [0, 0.1) is 36.5 Å². The van der Waals surface area contributed by atoms with Crippen molar-refractivity contribution in [3.63, 3.8) is 0 Å². The zero-order chi connectivity index (χ0) is 22.5. The SMILES string of the molecule is CCC(Sc1nc(N)c(C#N)c(-c2cccs2)c1C#N)C(=O)Nc1cc(C)cc(C)c1. The van der Waals surface area contributed by atoms with Crippen LogP contribution < -0.4 is 11.1 Å². The summed E-state index contributed by atoms with van der Waals surface area (Å²) in [6, 6.07) is 13.8. The number of benzene rings is 1. The molecule has 0 saturated carbocycles. The van der Waals surface area contributed by atoms with Crippen LogP contribution in [0.15, 0.2) is 40.7 Å². The Bertz CT molecular complexity index is 1190. The number of pyridine rings is 1. The van der Waals surface area contributed by atoms with Gasteiger partial charge < -0.3 is 11.1 Å². The van der Waals surface area contributed by atoms with Crippen molar-refractivity contribution in [2.45, 2.75) is 37.5 Å². The summed E-state index contributed by atoms with van der Waals surface area (Å²) >= 11 is 2.60. The third-order valence-electron chi connectivity index (χ3n) is 4.59. The van der Waals surface area contributed by atoms with Crippen molar-refractivity contribution >= 4 is 40.5 Å². The molecule has 3 aromatic rings. The number of carbonyl (C=O) groups excluding carboxylic acids is 1. The first-order valence-electron chi connectivity index (χ1n) is 9.61. The van der Waals surface area contributed by atoms with Gasteiger partial charge >= 0.3 is 0 Å². The lowest BCUT2D eigenvalue weighted by atomic mass is 10.0. The van der Waals surface area contributed by atoms with Crippen LogP contribution in [0.4, 0.5) is 11.5 Å². The molecular formula is C23H21N5OS2. The second kappa shape index (κ2) is 9.65. The number of thioether (sulfide) groups is 1. The van der Waals surface area contributed by atoms with Gasteiger partial charge in [-0.3, -0.25) is 4.79 Å². The Morgan fingerprint density at radius 1 is 1.23 bits per heavy atom. The number of aromatic nitrogens is 1. The van der Waals surface area contributed by atoms with Crippen molar-refractivity contribution in [1.29, 1.82) is 10.5 Å². The minimum absolute atomic E-state index is 0.0528. The average Bonchev–Trinajstić information content (AvgIpc) is 3.25. The predicted octanol–water partition coefficient (Wildman–Crippen LogP) is 5.26. The fourth-order valence-electron chi connectivity index (χ4n) is 3.28. The highest BCUT2D eigenvalue weighted by Gasteiger charge is 2.26. The molecular weight excluding hydrogens is 426 g/mol. The number of amides is 1. The number of thiophene rings is 1. The van der Waals surface area contributed by atoms with E-state index in [9.17, 15) is 15.3 Å². The lowest BCUT2D eigenvalue weighted by Gasteiger charge is -2.17. The van der Waals surface area contributed by atoms with E-state index >= 15 is 0 Å². The molecule has 3 N–H and O–H groups in total. The monoisotopic (exact) mass is 447 g/mol. The van der Waals surface area contributed by atoms with Crippen molar-refractivity contribution in [2.24, 2.45) is 0 Å². The maximum absolute atomic E-state index is 13.0. The highest BCUT2D eigenvalue weighted by molar-refractivity contribution is 8.00. The summed E-state index contributed by atoms with van der Waals surface area (Å²) in [5.41, 5.74) is 9.82. The molecule has 3 rings (SSSR count). The van der Waals surface area contributed by atoms with Crippen molar-refractivity contribution in [1.82, 2.24) is 4.98 Å². The van der Waals surface area contributed by atoms with E-state index in [1.165, 1.54) is 23.1 Å². The summed E-state index contributed by atoms with van der Waals surface area (Å²) in [5, 5.41) is 24.2. The van der Waals surface area contributed by atoms with E-state index in [-0.39, 0.29) is 22.9 Å². The van der Waals surface area contributed by atoms with Crippen molar-refractivity contribution < 1.29 is 4.79 Å². The second-order valence-electron chi connectivity index (χ2n) is 7.01. The molecule has 0 fully saturated rings. The first-order chi connectivity index (χ1) is 14.9. The fourth-order valence-corrected chi connectivity index (χ4v) is 5.08. The predicted molar refractivity (Wildman–Crippen MR) is 126 cm³/mol. The van der Waals surface area contributed by atoms with Crippen molar-refractivity contribution in [3.8, 4) is 22.6 Å². The number of rotatable bonds is 6. The summed E-state index contributed by atoms with van der Waals surface area (Å²) < 4.78 is 0. The van der Waals surface area contributed by atoms with Gasteiger partial charge in [-0.1, -0.05) is 30.8 Å². The molecule has 1 aromatic carbocycles. The molecule has 6 nitrogen and oxygen atoms in total. The van der Waals surface area contributed by atoms with Crippen LogP contribution in [0.1, 0.15) is 35.6 Å². The molecule has 1 unspecified atom stereocenters. The summed E-state index contributed by atoms with van der Waals surface area (Å²) in [7, 11) is 0. The van der Waals surface area contributed by atoms with Crippen LogP contribution in [0.2, 0.25) is 0 Å². The van der Waals surface area contributed by atoms with E-state index in [0.717, 1.165) is 21.7 Å². The highest BCUT2D eigenvalue weighted by atomic mass is 32.2. The zero-order valence-electron chi connectivity index (χ0n) is 17.4. The molecule has 1 atom stereocenters. The first kappa shape index (κ1) is 22.4. The Labute approximate surface area is 189 Å². The number of anilines is 2. The molecule has 0 radical (unpaired) electrons. The van der Waals surface area contributed by atoms with Gasteiger partial charge in [0.25, 0.3) is 0 Å².